The summed E-state index contributed by atoms with van der Waals surface area (Å²) in [6.45, 7) is 8.32. The minimum absolute atomic E-state index is 0.0288. The molecule has 0 radical (unpaired) electrons. The largest absolute Gasteiger partial charge is 0.458 e. The fourth-order valence-electron chi connectivity index (χ4n) is 2.47. The lowest BCUT2D eigenvalue weighted by Gasteiger charge is -2.19. The summed E-state index contributed by atoms with van der Waals surface area (Å²) in [6.07, 6.45) is 34.3. The van der Waals surface area contributed by atoms with Crippen molar-refractivity contribution in [3.8, 4) is 0 Å². The Kier molecular flexibility index (Phi) is 19.7. The molecule has 0 aliphatic rings. The standard InChI is InChI=1S/C28H44O3/c1-5-6-7-8-9-10-11-12-13-14-15-16-17-18-19-20-21-22-23-24-25-30-26-27(29)31-28(2,3)4/h6-7,9-10,12-13,15-16,18-19,21-22H,5,8,11,14,17,20,23-26H2,1-4H3. The molecule has 0 bridgehead atoms. The summed E-state index contributed by atoms with van der Waals surface area (Å²) in [4.78, 5) is 11.5. The number of esters is 1. The number of hydrogen-bond acceptors (Lipinski definition) is 3. The number of hydrogen-bond donors (Lipinski definition) is 0. The fourth-order valence-corrected chi connectivity index (χ4v) is 2.47. The summed E-state index contributed by atoms with van der Waals surface area (Å²) >= 11 is 0. The molecule has 0 aromatic rings. The normalized spacial score (nSPS) is 13.3. The zero-order valence-electron chi connectivity index (χ0n) is 20.2. The van der Waals surface area contributed by atoms with Gasteiger partial charge in [-0.2, -0.15) is 0 Å². The molecule has 0 aliphatic carbocycles. The summed E-state index contributed by atoms with van der Waals surface area (Å²) in [7, 11) is 0. The van der Waals surface area contributed by atoms with E-state index in [4.69, 9.17) is 9.47 Å². The minimum Gasteiger partial charge on any atom is -0.458 e. The van der Waals surface area contributed by atoms with Crippen LogP contribution in [0.4, 0.5) is 0 Å². The van der Waals surface area contributed by atoms with Crippen LogP contribution in [0, 0.1) is 0 Å². The molecular weight excluding hydrogens is 384 g/mol. The van der Waals surface area contributed by atoms with E-state index >= 15 is 0 Å². The van der Waals surface area contributed by atoms with Gasteiger partial charge in [0.15, 0.2) is 0 Å². The molecule has 0 aromatic carbocycles. The number of carbonyl (C=O) groups excluding carboxylic acids is 1. The molecular formula is C28H44O3. The Balaban J connectivity index is 3.53. The molecule has 174 valence electrons. The van der Waals surface area contributed by atoms with Crippen LogP contribution in [0.25, 0.3) is 0 Å². The van der Waals surface area contributed by atoms with Crippen LogP contribution in [-0.2, 0) is 14.3 Å². The molecule has 3 heteroatoms. The van der Waals surface area contributed by atoms with Crippen molar-refractivity contribution in [2.75, 3.05) is 13.2 Å². The third kappa shape index (κ3) is 25.8. The number of carbonyl (C=O) groups is 1. The first-order valence-electron chi connectivity index (χ1n) is 11.6. The van der Waals surface area contributed by atoms with E-state index < -0.39 is 5.60 Å². The zero-order valence-corrected chi connectivity index (χ0v) is 20.2. The van der Waals surface area contributed by atoms with Crippen LogP contribution in [0.1, 0.15) is 79.1 Å². The molecule has 31 heavy (non-hydrogen) atoms. The smallest absolute Gasteiger partial charge is 0.332 e. The SMILES string of the molecule is CCC=CCC=CCC=CCC=CCC=CCC=CCCCOCC(=O)OC(C)(C)C. The lowest BCUT2D eigenvalue weighted by Crippen LogP contribution is -2.26. The van der Waals surface area contributed by atoms with Crippen molar-refractivity contribution < 1.29 is 14.3 Å². The Morgan fingerprint density at radius 1 is 0.677 bits per heavy atom. The fraction of sp³-hybridized carbons (Fsp3) is 0.536. The van der Waals surface area contributed by atoms with E-state index in [-0.39, 0.29) is 12.6 Å². The molecule has 0 heterocycles. The van der Waals surface area contributed by atoms with Gasteiger partial charge in [0.05, 0.1) is 0 Å². The molecule has 0 aromatic heterocycles. The molecule has 0 amide bonds. The summed E-state index contributed by atoms with van der Waals surface area (Å²) in [5.41, 5.74) is -0.452. The van der Waals surface area contributed by atoms with Gasteiger partial charge in [0.25, 0.3) is 0 Å². The number of unbranched alkanes of at least 4 members (excludes halogenated alkanes) is 1. The van der Waals surface area contributed by atoms with E-state index in [1.807, 2.05) is 20.8 Å². The van der Waals surface area contributed by atoms with Crippen LogP contribution in [0.3, 0.4) is 0 Å². The molecule has 0 fully saturated rings. The Morgan fingerprint density at radius 3 is 1.52 bits per heavy atom. The van der Waals surface area contributed by atoms with Crippen molar-refractivity contribution in [1.29, 1.82) is 0 Å². The van der Waals surface area contributed by atoms with E-state index in [9.17, 15) is 4.79 Å². The first-order chi connectivity index (χ1) is 15.0. The van der Waals surface area contributed by atoms with E-state index in [1.165, 1.54) is 0 Å². The second-order valence-electron chi connectivity index (χ2n) is 8.20. The van der Waals surface area contributed by atoms with Crippen LogP contribution in [0.15, 0.2) is 72.9 Å². The molecule has 0 aliphatic heterocycles. The van der Waals surface area contributed by atoms with Crippen molar-refractivity contribution in [3.05, 3.63) is 72.9 Å². The van der Waals surface area contributed by atoms with E-state index in [2.05, 4.69) is 79.8 Å². The first-order valence-corrected chi connectivity index (χ1v) is 11.6. The number of rotatable bonds is 17. The quantitative estimate of drug-likeness (QED) is 0.134. The van der Waals surface area contributed by atoms with Crippen LogP contribution in [0.5, 0.6) is 0 Å². The summed E-state index contributed by atoms with van der Waals surface area (Å²) in [5, 5.41) is 0. The number of allylic oxidation sites excluding steroid dienone is 12. The van der Waals surface area contributed by atoms with Gasteiger partial charge >= 0.3 is 5.97 Å². The van der Waals surface area contributed by atoms with Gasteiger partial charge in [-0.3, -0.25) is 0 Å². The van der Waals surface area contributed by atoms with Crippen LogP contribution in [-0.4, -0.2) is 24.8 Å². The third-order valence-corrected chi connectivity index (χ3v) is 3.90. The van der Waals surface area contributed by atoms with Crippen molar-refractivity contribution >= 4 is 5.97 Å². The maximum Gasteiger partial charge on any atom is 0.332 e. The topological polar surface area (TPSA) is 35.5 Å². The zero-order chi connectivity index (χ0) is 23.0. The van der Waals surface area contributed by atoms with Gasteiger partial charge in [0.2, 0.25) is 0 Å². The predicted molar refractivity (Wildman–Crippen MR) is 134 cm³/mol. The highest BCUT2D eigenvalue weighted by Gasteiger charge is 2.15. The predicted octanol–water partition coefficient (Wildman–Crippen LogP) is 7.82. The van der Waals surface area contributed by atoms with Gasteiger partial charge < -0.3 is 9.47 Å². The molecule has 3 nitrogen and oxygen atoms in total. The average Bonchev–Trinajstić information content (AvgIpc) is 2.70. The number of ether oxygens (including phenoxy) is 2. The first kappa shape index (κ1) is 28.9. The summed E-state index contributed by atoms with van der Waals surface area (Å²) < 4.78 is 10.5. The van der Waals surface area contributed by atoms with Gasteiger partial charge in [0.1, 0.15) is 12.2 Å². The van der Waals surface area contributed by atoms with Gasteiger partial charge in [-0.25, -0.2) is 4.79 Å². The Bertz CT molecular complexity index is 598. The molecule has 0 unspecified atom stereocenters. The van der Waals surface area contributed by atoms with Crippen molar-refractivity contribution in [2.24, 2.45) is 0 Å². The van der Waals surface area contributed by atoms with Crippen LogP contribution >= 0.6 is 0 Å². The van der Waals surface area contributed by atoms with Crippen LogP contribution < -0.4 is 0 Å². The van der Waals surface area contributed by atoms with Crippen molar-refractivity contribution in [3.63, 3.8) is 0 Å². The second-order valence-corrected chi connectivity index (χ2v) is 8.20. The van der Waals surface area contributed by atoms with E-state index in [0.717, 1.165) is 51.4 Å². The van der Waals surface area contributed by atoms with Gasteiger partial charge in [-0.1, -0.05) is 79.8 Å². The summed E-state index contributed by atoms with van der Waals surface area (Å²) in [6, 6.07) is 0. The molecule has 0 N–H and O–H groups in total. The highest BCUT2D eigenvalue weighted by molar-refractivity contribution is 5.71. The van der Waals surface area contributed by atoms with E-state index in [1.54, 1.807) is 0 Å². The maximum atomic E-state index is 11.5. The lowest BCUT2D eigenvalue weighted by molar-refractivity contribution is -0.160. The molecule has 0 atom stereocenters. The minimum atomic E-state index is -0.452. The molecule has 0 spiro atoms. The highest BCUT2D eigenvalue weighted by Crippen LogP contribution is 2.07. The van der Waals surface area contributed by atoms with E-state index in [0.29, 0.717) is 6.61 Å². The van der Waals surface area contributed by atoms with Gasteiger partial charge in [-0.15, -0.1) is 0 Å². The van der Waals surface area contributed by atoms with Crippen molar-refractivity contribution in [2.45, 2.75) is 84.7 Å². The Hall–Kier alpha value is -2.13. The average molecular weight is 429 g/mol. The summed E-state index contributed by atoms with van der Waals surface area (Å²) in [5.74, 6) is -0.304. The lowest BCUT2D eigenvalue weighted by atomic mass is 10.2. The Morgan fingerprint density at radius 2 is 1.10 bits per heavy atom. The molecule has 0 saturated carbocycles. The van der Waals surface area contributed by atoms with Crippen LogP contribution in [0.2, 0.25) is 0 Å². The van der Waals surface area contributed by atoms with Gasteiger partial charge in [-0.05, 0) is 72.1 Å². The highest BCUT2D eigenvalue weighted by atomic mass is 16.6. The van der Waals surface area contributed by atoms with Crippen molar-refractivity contribution in [1.82, 2.24) is 0 Å². The second kappa shape index (κ2) is 21.1. The third-order valence-electron chi connectivity index (χ3n) is 3.90. The molecule has 0 saturated heterocycles. The molecule has 0 rings (SSSR count). The maximum absolute atomic E-state index is 11.5. The van der Waals surface area contributed by atoms with Gasteiger partial charge in [0, 0.05) is 6.61 Å². The Labute approximate surface area is 191 Å². The monoisotopic (exact) mass is 428 g/mol.